The maximum Gasteiger partial charge on any atom is 0.339 e. The van der Waals surface area contributed by atoms with Gasteiger partial charge >= 0.3 is 5.97 Å². The molecule has 0 saturated heterocycles. The molecule has 1 N–H and O–H groups in total. The molecule has 0 radical (unpaired) electrons. The number of hydrogen-bond donors (Lipinski definition) is 1. The first-order valence-corrected chi connectivity index (χ1v) is 5.72. The van der Waals surface area contributed by atoms with Crippen LogP contribution in [0, 0.1) is 13.8 Å². The van der Waals surface area contributed by atoms with Gasteiger partial charge in [0.1, 0.15) is 17.1 Å². The molecule has 0 aliphatic rings. The Hall–Kier alpha value is -1.97. The number of carboxylic acid groups (broad SMARTS) is 1. The zero-order valence-electron chi connectivity index (χ0n) is 10.9. The molecule has 0 aliphatic carbocycles. The van der Waals surface area contributed by atoms with E-state index in [0.29, 0.717) is 5.76 Å². The maximum atomic E-state index is 11.2. The van der Waals surface area contributed by atoms with E-state index in [1.54, 1.807) is 6.26 Å². The van der Waals surface area contributed by atoms with Gasteiger partial charge in [-0.2, -0.15) is 0 Å². The third-order valence-corrected chi connectivity index (χ3v) is 3.32. The van der Waals surface area contributed by atoms with Crippen molar-refractivity contribution < 1.29 is 18.7 Å². The number of hydrogen-bond acceptors (Lipinski definition) is 3. The van der Waals surface area contributed by atoms with E-state index in [1.165, 1.54) is 12.3 Å². The summed E-state index contributed by atoms with van der Waals surface area (Å²) in [5.74, 6) is 0.151. The van der Waals surface area contributed by atoms with E-state index in [1.807, 2.05) is 27.7 Å². The lowest BCUT2D eigenvalue weighted by Crippen LogP contribution is -2.21. The van der Waals surface area contributed by atoms with Gasteiger partial charge < -0.3 is 13.9 Å². The standard InChI is InChI=1S/C14H16O4/c1-8-7-18-11(9(8)2)14(3,4)12-10(13(15)16)5-6-17-12/h5-7H,1-4H3,(H,15,16). The van der Waals surface area contributed by atoms with Crippen molar-refractivity contribution in [3.05, 3.63) is 46.8 Å². The highest BCUT2D eigenvalue weighted by Crippen LogP contribution is 2.37. The van der Waals surface area contributed by atoms with Crippen molar-refractivity contribution >= 4 is 5.97 Å². The van der Waals surface area contributed by atoms with Gasteiger partial charge in [0.2, 0.25) is 0 Å². The van der Waals surface area contributed by atoms with Crippen molar-refractivity contribution in [1.82, 2.24) is 0 Å². The lowest BCUT2D eigenvalue weighted by atomic mass is 9.83. The van der Waals surface area contributed by atoms with Crippen LogP contribution in [0.25, 0.3) is 0 Å². The van der Waals surface area contributed by atoms with Crippen molar-refractivity contribution in [2.75, 3.05) is 0 Å². The molecule has 0 fully saturated rings. The van der Waals surface area contributed by atoms with E-state index >= 15 is 0 Å². The molecule has 96 valence electrons. The second-order valence-electron chi connectivity index (χ2n) is 4.97. The minimum absolute atomic E-state index is 0.174. The first-order chi connectivity index (χ1) is 8.35. The van der Waals surface area contributed by atoms with Gasteiger partial charge in [0.15, 0.2) is 0 Å². The van der Waals surface area contributed by atoms with Crippen LogP contribution in [0.3, 0.4) is 0 Å². The summed E-state index contributed by atoms with van der Waals surface area (Å²) in [4.78, 5) is 11.2. The molecule has 18 heavy (non-hydrogen) atoms. The fourth-order valence-corrected chi connectivity index (χ4v) is 2.18. The van der Waals surface area contributed by atoms with Gasteiger partial charge in [0.25, 0.3) is 0 Å². The van der Waals surface area contributed by atoms with Crippen LogP contribution in [-0.2, 0) is 5.41 Å². The van der Waals surface area contributed by atoms with Gasteiger partial charge in [-0.3, -0.25) is 0 Å². The fraction of sp³-hybridized carbons (Fsp3) is 0.357. The molecule has 0 saturated carbocycles. The van der Waals surface area contributed by atoms with Crippen molar-refractivity contribution in [2.24, 2.45) is 0 Å². The number of furan rings is 2. The summed E-state index contributed by atoms with van der Waals surface area (Å²) in [6.07, 6.45) is 3.07. The fourth-order valence-electron chi connectivity index (χ4n) is 2.18. The molecule has 2 aromatic rings. The predicted molar refractivity (Wildman–Crippen MR) is 66.0 cm³/mol. The van der Waals surface area contributed by atoms with E-state index in [2.05, 4.69) is 0 Å². The molecule has 0 amide bonds. The smallest absolute Gasteiger partial charge is 0.339 e. The molecule has 4 heteroatoms. The topological polar surface area (TPSA) is 63.6 Å². The zero-order chi connectivity index (χ0) is 13.5. The average Bonchev–Trinajstić information content (AvgIpc) is 2.87. The minimum Gasteiger partial charge on any atom is -0.478 e. The van der Waals surface area contributed by atoms with Crippen LogP contribution in [0.5, 0.6) is 0 Å². The second-order valence-corrected chi connectivity index (χ2v) is 4.97. The summed E-state index contributed by atoms with van der Waals surface area (Å²) in [6.45, 7) is 7.70. The van der Waals surface area contributed by atoms with Crippen molar-refractivity contribution in [3.8, 4) is 0 Å². The number of rotatable bonds is 3. The monoisotopic (exact) mass is 248 g/mol. The maximum absolute atomic E-state index is 11.2. The van der Waals surface area contributed by atoms with Gasteiger partial charge in [-0.05, 0) is 44.9 Å². The zero-order valence-corrected chi connectivity index (χ0v) is 10.9. The first kappa shape index (κ1) is 12.5. The van der Waals surface area contributed by atoms with Crippen LogP contribution in [-0.4, -0.2) is 11.1 Å². The van der Waals surface area contributed by atoms with E-state index in [9.17, 15) is 4.79 Å². The number of aromatic carboxylic acids is 1. The highest BCUT2D eigenvalue weighted by atomic mass is 16.4. The van der Waals surface area contributed by atoms with Crippen molar-refractivity contribution in [2.45, 2.75) is 33.1 Å². The van der Waals surface area contributed by atoms with Crippen LogP contribution >= 0.6 is 0 Å². The van der Waals surface area contributed by atoms with Gasteiger partial charge in [0.05, 0.1) is 17.9 Å². The van der Waals surface area contributed by atoms with Crippen LogP contribution in [0.4, 0.5) is 0 Å². The Morgan fingerprint density at radius 3 is 2.39 bits per heavy atom. The minimum atomic E-state index is -0.993. The Morgan fingerprint density at radius 1 is 1.22 bits per heavy atom. The Kier molecular flexibility index (Phi) is 2.81. The van der Waals surface area contributed by atoms with Gasteiger partial charge in [-0.15, -0.1) is 0 Å². The van der Waals surface area contributed by atoms with Crippen molar-refractivity contribution in [1.29, 1.82) is 0 Å². The predicted octanol–water partition coefficient (Wildman–Crippen LogP) is 3.51. The third-order valence-electron chi connectivity index (χ3n) is 3.32. The Bertz CT molecular complexity index is 587. The summed E-state index contributed by atoms with van der Waals surface area (Å²) in [5.41, 5.74) is 1.62. The third kappa shape index (κ3) is 1.74. The van der Waals surface area contributed by atoms with Gasteiger partial charge in [0, 0.05) is 0 Å². The quantitative estimate of drug-likeness (QED) is 0.902. The number of aryl methyl sites for hydroxylation is 1. The lowest BCUT2D eigenvalue weighted by Gasteiger charge is -2.21. The molecule has 0 aliphatic heterocycles. The number of carboxylic acids is 1. The van der Waals surface area contributed by atoms with Crippen LogP contribution in [0.15, 0.2) is 27.4 Å². The Balaban J connectivity index is 2.57. The van der Waals surface area contributed by atoms with Gasteiger partial charge in [-0.25, -0.2) is 4.79 Å². The van der Waals surface area contributed by atoms with Crippen molar-refractivity contribution in [3.63, 3.8) is 0 Å². The van der Waals surface area contributed by atoms with E-state index in [0.717, 1.165) is 16.9 Å². The first-order valence-electron chi connectivity index (χ1n) is 5.72. The highest BCUT2D eigenvalue weighted by Gasteiger charge is 2.35. The SMILES string of the molecule is Cc1coc(C(C)(C)c2occc2C(=O)O)c1C. The molecule has 0 spiro atoms. The summed E-state index contributed by atoms with van der Waals surface area (Å²) >= 11 is 0. The molecule has 4 nitrogen and oxygen atoms in total. The van der Waals surface area contributed by atoms with Crippen LogP contribution in [0.2, 0.25) is 0 Å². The Morgan fingerprint density at radius 2 is 1.89 bits per heavy atom. The van der Waals surface area contributed by atoms with Crippen LogP contribution < -0.4 is 0 Å². The lowest BCUT2D eigenvalue weighted by molar-refractivity contribution is 0.0692. The summed E-state index contributed by atoms with van der Waals surface area (Å²) in [6, 6.07) is 1.46. The molecule has 2 aromatic heterocycles. The van der Waals surface area contributed by atoms with E-state index in [4.69, 9.17) is 13.9 Å². The highest BCUT2D eigenvalue weighted by molar-refractivity contribution is 5.89. The molecule has 2 heterocycles. The molecule has 0 unspecified atom stereocenters. The van der Waals surface area contributed by atoms with E-state index in [-0.39, 0.29) is 5.56 Å². The number of carbonyl (C=O) groups is 1. The summed E-state index contributed by atoms with van der Waals surface area (Å²) < 4.78 is 10.9. The summed E-state index contributed by atoms with van der Waals surface area (Å²) in [7, 11) is 0. The van der Waals surface area contributed by atoms with Crippen LogP contribution in [0.1, 0.15) is 46.9 Å². The molecular weight excluding hydrogens is 232 g/mol. The molecule has 0 aromatic carbocycles. The molecular formula is C14H16O4. The van der Waals surface area contributed by atoms with Gasteiger partial charge in [-0.1, -0.05) is 0 Å². The molecule has 0 atom stereocenters. The normalized spacial score (nSPS) is 11.8. The molecule has 0 bridgehead atoms. The van der Waals surface area contributed by atoms with E-state index < -0.39 is 11.4 Å². The Labute approximate surface area is 105 Å². The average molecular weight is 248 g/mol. The summed E-state index contributed by atoms with van der Waals surface area (Å²) in [5, 5.41) is 9.15. The largest absolute Gasteiger partial charge is 0.478 e. The molecule has 2 rings (SSSR count). The second kappa shape index (κ2) is 4.05.